The van der Waals surface area contributed by atoms with Gasteiger partial charge in [0.2, 0.25) is 0 Å². The molecule has 0 aliphatic heterocycles. The van der Waals surface area contributed by atoms with Crippen LogP contribution in [-0.4, -0.2) is 19.3 Å². The molecule has 3 aromatic heterocycles. The van der Waals surface area contributed by atoms with Gasteiger partial charge < -0.3 is 4.57 Å². The summed E-state index contributed by atoms with van der Waals surface area (Å²) in [7, 11) is 1.96. The summed E-state index contributed by atoms with van der Waals surface area (Å²) in [6, 6.07) is 10.4. The van der Waals surface area contributed by atoms with Crippen molar-refractivity contribution < 1.29 is 0 Å². The molecule has 4 rings (SSSR count). The predicted octanol–water partition coefficient (Wildman–Crippen LogP) is 2.91. The van der Waals surface area contributed by atoms with Gasteiger partial charge in [0.15, 0.2) is 0 Å². The molecule has 0 saturated carbocycles. The van der Waals surface area contributed by atoms with E-state index in [1.165, 1.54) is 5.39 Å². The fourth-order valence-electron chi connectivity index (χ4n) is 2.56. The first kappa shape index (κ1) is 10.3. The maximum absolute atomic E-state index is 4.33. The van der Waals surface area contributed by atoms with Crippen LogP contribution in [0.4, 0.5) is 0 Å². The van der Waals surface area contributed by atoms with Gasteiger partial charge in [-0.15, -0.1) is 0 Å². The van der Waals surface area contributed by atoms with Gasteiger partial charge in [-0.2, -0.15) is 5.10 Å². The lowest BCUT2D eigenvalue weighted by Crippen LogP contribution is -1.94. The average molecular weight is 248 g/mol. The summed E-state index contributed by atoms with van der Waals surface area (Å²) in [5, 5.41) is 6.67. The highest BCUT2D eigenvalue weighted by Crippen LogP contribution is 2.25. The molecule has 0 amide bonds. The number of benzene rings is 1. The number of fused-ring (bicyclic) bond motifs is 2. The van der Waals surface area contributed by atoms with Crippen molar-refractivity contribution in [3.63, 3.8) is 0 Å². The summed E-state index contributed by atoms with van der Waals surface area (Å²) in [6.07, 6.45) is 7.70. The molecule has 0 N–H and O–H groups in total. The van der Waals surface area contributed by atoms with Gasteiger partial charge >= 0.3 is 0 Å². The Bertz CT molecular complexity index is 885. The molecule has 19 heavy (non-hydrogen) atoms. The third-order valence-electron chi connectivity index (χ3n) is 3.52. The minimum atomic E-state index is 1.11. The minimum absolute atomic E-state index is 1.11. The monoisotopic (exact) mass is 248 g/mol. The van der Waals surface area contributed by atoms with Gasteiger partial charge in [-0.25, -0.2) is 0 Å². The van der Waals surface area contributed by atoms with Crippen LogP contribution in [0.5, 0.6) is 0 Å². The molecule has 0 atom stereocenters. The average Bonchev–Trinajstić information content (AvgIpc) is 3.03. The Balaban J connectivity index is 2.09. The van der Waals surface area contributed by atoms with E-state index in [4.69, 9.17) is 0 Å². The zero-order chi connectivity index (χ0) is 12.8. The van der Waals surface area contributed by atoms with Crippen molar-refractivity contribution >= 4 is 21.8 Å². The number of rotatable bonds is 1. The van der Waals surface area contributed by atoms with Crippen LogP contribution in [0.25, 0.3) is 27.5 Å². The molecule has 1 aromatic carbocycles. The number of hydrogen-bond donors (Lipinski definition) is 0. The first-order valence-electron chi connectivity index (χ1n) is 6.17. The molecule has 0 aliphatic rings. The summed E-state index contributed by atoms with van der Waals surface area (Å²) >= 11 is 0. The van der Waals surface area contributed by atoms with E-state index in [1.54, 1.807) is 0 Å². The Labute approximate surface area is 109 Å². The third-order valence-corrected chi connectivity index (χ3v) is 3.52. The number of nitrogens with zero attached hydrogens (tertiary/aromatic N) is 4. The second kappa shape index (κ2) is 3.68. The number of pyridine rings is 1. The standard InChI is InChI=1S/C15H12N4/c1-18-13-3-2-4-14(12(13)9-17-18)19-8-6-11-5-7-16-10-15(11)19/h2-10H,1H3. The maximum Gasteiger partial charge on any atom is 0.0712 e. The van der Waals surface area contributed by atoms with E-state index < -0.39 is 0 Å². The molecule has 4 aromatic rings. The van der Waals surface area contributed by atoms with E-state index in [0.29, 0.717) is 0 Å². The molecule has 0 unspecified atom stereocenters. The molecule has 0 fully saturated rings. The van der Waals surface area contributed by atoms with E-state index in [1.807, 2.05) is 36.4 Å². The topological polar surface area (TPSA) is 35.6 Å². The van der Waals surface area contributed by atoms with E-state index in [-0.39, 0.29) is 0 Å². The summed E-state index contributed by atoms with van der Waals surface area (Å²) in [5.74, 6) is 0. The van der Waals surface area contributed by atoms with Crippen LogP contribution in [0.15, 0.2) is 55.1 Å². The van der Waals surface area contributed by atoms with Crippen molar-refractivity contribution in [1.29, 1.82) is 0 Å². The largest absolute Gasteiger partial charge is 0.314 e. The van der Waals surface area contributed by atoms with E-state index in [9.17, 15) is 0 Å². The number of hydrogen-bond acceptors (Lipinski definition) is 2. The minimum Gasteiger partial charge on any atom is -0.314 e. The van der Waals surface area contributed by atoms with Crippen LogP contribution in [0.2, 0.25) is 0 Å². The molecule has 0 bridgehead atoms. The lowest BCUT2D eigenvalue weighted by molar-refractivity contribution is 0.797. The SMILES string of the molecule is Cn1ncc2c(-n3ccc4ccncc43)cccc21. The van der Waals surface area contributed by atoms with Crippen LogP contribution in [0.1, 0.15) is 0 Å². The third kappa shape index (κ3) is 1.40. The Morgan fingerprint density at radius 1 is 1.00 bits per heavy atom. The van der Waals surface area contributed by atoms with E-state index in [0.717, 1.165) is 22.1 Å². The second-order valence-corrected chi connectivity index (χ2v) is 4.60. The highest BCUT2D eigenvalue weighted by Gasteiger charge is 2.08. The highest BCUT2D eigenvalue weighted by atomic mass is 15.2. The number of aromatic nitrogens is 4. The van der Waals surface area contributed by atoms with Crippen molar-refractivity contribution in [2.45, 2.75) is 0 Å². The quantitative estimate of drug-likeness (QED) is 0.519. The van der Waals surface area contributed by atoms with Gasteiger partial charge in [-0.3, -0.25) is 9.67 Å². The van der Waals surface area contributed by atoms with Crippen molar-refractivity contribution in [2.75, 3.05) is 0 Å². The van der Waals surface area contributed by atoms with E-state index in [2.05, 4.69) is 45.1 Å². The summed E-state index contributed by atoms with van der Waals surface area (Å²) in [4.78, 5) is 4.21. The molecule has 0 aliphatic carbocycles. The summed E-state index contributed by atoms with van der Waals surface area (Å²) < 4.78 is 4.05. The van der Waals surface area contributed by atoms with Crippen LogP contribution < -0.4 is 0 Å². The summed E-state index contributed by atoms with van der Waals surface area (Å²) in [5.41, 5.74) is 3.37. The van der Waals surface area contributed by atoms with Crippen molar-refractivity contribution in [1.82, 2.24) is 19.3 Å². The first-order valence-corrected chi connectivity index (χ1v) is 6.17. The van der Waals surface area contributed by atoms with Gasteiger partial charge in [0, 0.05) is 30.2 Å². The molecule has 4 nitrogen and oxygen atoms in total. The van der Waals surface area contributed by atoms with Crippen LogP contribution >= 0.6 is 0 Å². The zero-order valence-electron chi connectivity index (χ0n) is 10.5. The predicted molar refractivity (Wildman–Crippen MR) is 75.3 cm³/mol. The molecule has 0 spiro atoms. The van der Waals surface area contributed by atoms with Gasteiger partial charge in [0.1, 0.15) is 0 Å². The molecule has 3 heterocycles. The Morgan fingerprint density at radius 2 is 1.95 bits per heavy atom. The van der Waals surface area contributed by atoms with Crippen LogP contribution in [0.3, 0.4) is 0 Å². The molecule has 4 heteroatoms. The molecular weight excluding hydrogens is 236 g/mol. The van der Waals surface area contributed by atoms with Gasteiger partial charge in [-0.1, -0.05) is 6.07 Å². The zero-order valence-corrected chi connectivity index (χ0v) is 10.5. The van der Waals surface area contributed by atoms with Crippen LogP contribution in [-0.2, 0) is 7.05 Å². The molecule has 92 valence electrons. The fourth-order valence-corrected chi connectivity index (χ4v) is 2.56. The Hall–Kier alpha value is -2.62. The first-order chi connectivity index (χ1) is 9.34. The number of aryl methyl sites for hydroxylation is 1. The second-order valence-electron chi connectivity index (χ2n) is 4.60. The fraction of sp³-hybridized carbons (Fsp3) is 0.0667. The van der Waals surface area contributed by atoms with Gasteiger partial charge in [0.25, 0.3) is 0 Å². The Kier molecular flexibility index (Phi) is 2.00. The van der Waals surface area contributed by atoms with Crippen LogP contribution in [0, 0.1) is 0 Å². The smallest absolute Gasteiger partial charge is 0.0712 e. The van der Waals surface area contributed by atoms with Gasteiger partial charge in [0.05, 0.1) is 29.1 Å². The summed E-state index contributed by atoms with van der Waals surface area (Å²) in [6.45, 7) is 0. The maximum atomic E-state index is 4.33. The normalized spacial score (nSPS) is 11.4. The molecule has 0 radical (unpaired) electrons. The molecule has 0 saturated heterocycles. The van der Waals surface area contributed by atoms with Crippen molar-refractivity contribution in [3.05, 3.63) is 55.1 Å². The molecular formula is C15H12N4. The lowest BCUT2D eigenvalue weighted by atomic mass is 10.2. The highest BCUT2D eigenvalue weighted by molar-refractivity contribution is 5.90. The van der Waals surface area contributed by atoms with E-state index >= 15 is 0 Å². The van der Waals surface area contributed by atoms with Gasteiger partial charge in [-0.05, 0) is 24.3 Å². The lowest BCUT2D eigenvalue weighted by Gasteiger charge is -2.06. The Morgan fingerprint density at radius 3 is 2.89 bits per heavy atom. The van der Waals surface area contributed by atoms with Crippen molar-refractivity contribution in [2.24, 2.45) is 7.05 Å². The van der Waals surface area contributed by atoms with Crippen molar-refractivity contribution in [3.8, 4) is 5.69 Å².